The first-order valence-electron chi connectivity index (χ1n) is 8.17. The van der Waals surface area contributed by atoms with Gasteiger partial charge in [0.25, 0.3) is 5.69 Å². The van der Waals surface area contributed by atoms with Gasteiger partial charge < -0.3 is 19.2 Å². The number of non-ortho nitro benzene ring substituents is 1. The SMILES string of the molecule is CC(=O)c1c(C)[nH]c(C(=O)OCc2cc([N+](=O)[O-])cc3c2OCOC3)c1C. The van der Waals surface area contributed by atoms with E-state index in [1.54, 1.807) is 13.8 Å². The van der Waals surface area contributed by atoms with Crippen LogP contribution < -0.4 is 4.74 Å². The minimum absolute atomic E-state index is 0.0165. The second kappa shape index (κ2) is 7.20. The van der Waals surface area contributed by atoms with Crippen molar-refractivity contribution in [3.05, 3.63) is 55.9 Å². The highest BCUT2D eigenvalue weighted by Crippen LogP contribution is 2.33. The number of nitro benzene ring substituents is 1. The average Bonchev–Trinajstić information content (AvgIpc) is 2.93. The van der Waals surface area contributed by atoms with E-state index in [0.717, 1.165) is 0 Å². The number of H-pyrrole nitrogens is 1. The lowest BCUT2D eigenvalue weighted by molar-refractivity contribution is -0.385. The van der Waals surface area contributed by atoms with Gasteiger partial charge in [-0.1, -0.05) is 0 Å². The Bertz CT molecular complexity index is 946. The number of aromatic nitrogens is 1. The highest BCUT2D eigenvalue weighted by atomic mass is 16.7. The highest BCUT2D eigenvalue weighted by molar-refractivity contribution is 6.01. The van der Waals surface area contributed by atoms with Crippen molar-refractivity contribution in [1.82, 2.24) is 4.98 Å². The summed E-state index contributed by atoms with van der Waals surface area (Å²) in [6, 6.07) is 2.68. The first kappa shape index (κ1) is 18.6. The maximum atomic E-state index is 12.4. The molecule has 27 heavy (non-hydrogen) atoms. The van der Waals surface area contributed by atoms with Crippen LogP contribution in [0.5, 0.6) is 5.75 Å². The molecule has 1 aromatic heterocycles. The third-order valence-electron chi connectivity index (χ3n) is 4.33. The molecule has 0 bridgehead atoms. The Morgan fingerprint density at radius 3 is 2.70 bits per heavy atom. The van der Waals surface area contributed by atoms with E-state index in [0.29, 0.717) is 33.7 Å². The zero-order chi connectivity index (χ0) is 19.7. The normalized spacial score (nSPS) is 12.9. The van der Waals surface area contributed by atoms with Gasteiger partial charge in [-0.05, 0) is 26.3 Å². The molecule has 0 fully saturated rings. The third kappa shape index (κ3) is 3.54. The summed E-state index contributed by atoms with van der Waals surface area (Å²) in [6.45, 7) is 4.76. The number of rotatable bonds is 5. The number of hydrogen-bond acceptors (Lipinski definition) is 7. The molecule has 0 atom stereocenters. The van der Waals surface area contributed by atoms with Crippen molar-refractivity contribution in [3.8, 4) is 5.75 Å². The van der Waals surface area contributed by atoms with E-state index in [1.807, 2.05) is 0 Å². The number of benzene rings is 1. The molecule has 1 aromatic carbocycles. The number of ketones is 1. The molecule has 0 saturated heterocycles. The van der Waals surface area contributed by atoms with Crippen molar-refractivity contribution in [2.24, 2.45) is 0 Å². The molecule has 0 aliphatic carbocycles. The Kier molecular flexibility index (Phi) is 4.95. The van der Waals surface area contributed by atoms with Crippen LogP contribution in [0.2, 0.25) is 0 Å². The number of esters is 1. The number of fused-ring (bicyclic) bond motifs is 1. The van der Waals surface area contributed by atoms with Gasteiger partial charge >= 0.3 is 5.97 Å². The predicted octanol–water partition coefficient (Wildman–Crippen LogP) is 2.97. The fourth-order valence-electron chi connectivity index (χ4n) is 3.19. The summed E-state index contributed by atoms with van der Waals surface area (Å²) in [5, 5.41) is 11.1. The second-order valence-corrected chi connectivity index (χ2v) is 6.22. The van der Waals surface area contributed by atoms with Gasteiger partial charge in [0.1, 0.15) is 18.1 Å². The van der Waals surface area contributed by atoms with E-state index >= 15 is 0 Å². The van der Waals surface area contributed by atoms with Crippen molar-refractivity contribution in [2.45, 2.75) is 34.0 Å². The number of carbonyl (C=O) groups is 2. The fourth-order valence-corrected chi connectivity index (χ4v) is 3.19. The Morgan fingerprint density at radius 2 is 2.07 bits per heavy atom. The number of aryl methyl sites for hydroxylation is 1. The Labute approximate surface area is 154 Å². The second-order valence-electron chi connectivity index (χ2n) is 6.22. The smallest absolute Gasteiger partial charge is 0.355 e. The van der Waals surface area contributed by atoms with Crippen LogP contribution in [0.3, 0.4) is 0 Å². The molecule has 0 saturated carbocycles. The van der Waals surface area contributed by atoms with Crippen molar-refractivity contribution in [1.29, 1.82) is 0 Å². The number of nitrogens with one attached hydrogen (secondary N) is 1. The molecule has 0 amide bonds. The maximum absolute atomic E-state index is 12.4. The van der Waals surface area contributed by atoms with Gasteiger partial charge in [0.05, 0.1) is 11.5 Å². The van der Waals surface area contributed by atoms with Crippen molar-refractivity contribution in [3.63, 3.8) is 0 Å². The molecule has 0 spiro atoms. The molecule has 0 unspecified atom stereocenters. The van der Waals surface area contributed by atoms with E-state index in [9.17, 15) is 19.7 Å². The summed E-state index contributed by atoms with van der Waals surface area (Å²) in [5.41, 5.74) is 2.49. The van der Waals surface area contributed by atoms with Gasteiger partial charge in [-0.25, -0.2) is 4.79 Å². The van der Waals surface area contributed by atoms with Crippen LogP contribution in [-0.2, 0) is 22.7 Å². The third-order valence-corrected chi connectivity index (χ3v) is 4.33. The minimum Gasteiger partial charge on any atom is -0.467 e. The molecule has 0 radical (unpaired) electrons. The summed E-state index contributed by atoms with van der Waals surface area (Å²) in [7, 11) is 0. The van der Waals surface area contributed by atoms with Crippen LogP contribution in [0.25, 0.3) is 0 Å². The zero-order valence-corrected chi connectivity index (χ0v) is 15.1. The summed E-state index contributed by atoms with van der Waals surface area (Å²) in [5.74, 6) is -0.389. The van der Waals surface area contributed by atoms with Gasteiger partial charge in [-0.2, -0.15) is 0 Å². The molecule has 9 heteroatoms. The number of Topliss-reactive ketones (excluding diaryl/α,β-unsaturated/α-hetero) is 1. The van der Waals surface area contributed by atoms with E-state index < -0.39 is 10.9 Å². The summed E-state index contributed by atoms with van der Waals surface area (Å²) >= 11 is 0. The van der Waals surface area contributed by atoms with Gasteiger partial charge in [-0.15, -0.1) is 0 Å². The zero-order valence-electron chi connectivity index (χ0n) is 15.1. The topological polar surface area (TPSA) is 121 Å². The molecule has 1 aliphatic heterocycles. The molecule has 1 N–H and O–H groups in total. The van der Waals surface area contributed by atoms with Gasteiger partial charge in [0.2, 0.25) is 0 Å². The lowest BCUT2D eigenvalue weighted by Gasteiger charge is -2.20. The van der Waals surface area contributed by atoms with Crippen LogP contribution in [-0.4, -0.2) is 28.5 Å². The predicted molar refractivity (Wildman–Crippen MR) is 92.8 cm³/mol. The number of nitro groups is 1. The molecule has 142 valence electrons. The molecular weight excluding hydrogens is 356 g/mol. The maximum Gasteiger partial charge on any atom is 0.355 e. The minimum atomic E-state index is -0.657. The van der Waals surface area contributed by atoms with Crippen LogP contribution >= 0.6 is 0 Å². The number of nitrogens with zero attached hydrogens (tertiary/aromatic N) is 1. The standard InChI is InChI=1S/C18H18N2O7/c1-9-15(11(3)21)10(2)19-16(9)18(22)26-7-13-5-14(20(23)24)4-12-6-25-8-27-17(12)13/h4-5,19H,6-8H2,1-3H3. The number of ether oxygens (including phenoxy) is 3. The number of hydrogen-bond donors (Lipinski definition) is 1. The lowest BCUT2D eigenvalue weighted by Crippen LogP contribution is -2.15. The van der Waals surface area contributed by atoms with Crippen LogP contribution in [0.4, 0.5) is 5.69 Å². The monoisotopic (exact) mass is 374 g/mol. The van der Waals surface area contributed by atoms with Crippen LogP contribution in [0.1, 0.15) is 50.2 Å². The number of carbonyl (C=O) groups excluding carboxylic acids is 2. The largest absolute Gasteiger partial charge is 0.467 e. The Balaban J connectivity index is 1.86. The van der Waals surface area contributed by atoms with E-state index in [4.69, 9.17) is 14.2 Å². The van der Waals surface area contributed by atoms with E-state index in [2.05, 4.69) is 4.98 Å². The quantitative estimate of drug-likeness (QED) is 0.369. The highest BCUT2D eigenvalue weighted by Gasteiger charge is 2.24. The van der Waals surface area contributed by atoms with Crippen molar-refractivity contribution >= 4 is 17.4 Å². The fraction of sp³-hybridized carbons (Fsp3) is 0.333. The Morgan fingerprint density at radius 1 is 1.33 bits per heavy atom. The first-order valence-corrected chi connectivity index (χ1v) is 8.17. The molecule has 3 rings (SSSR count). The van der Waals surface area contributed by atoms with Crippen LogP contribution in [0.15, 0.2) is 12.1 Å². The Hall–Kier alpha value is -3.20. The molecule has 1 aliphatic rings. The molecule has 9 nitrogen and oxygen atoms in total. The van der Waals surface area contributed by atoms with E-state index in [-0.39, 0.29) is 37.2 Å². The summed E-state index contributed by atoms with van der Waals surface area (Å²) < 4.78 is 15.9. The van der Waals surface area contributed by atoms with Crippen molar-refractivity contribution in [2.75, 3.05) is 6.79 Å². The lowest BCUT2D eigenvalue weighted by atomic mass is 10.1. The first-order chi connectivity index (χ1) is 12.8. The summed E-state index contributed by atoms with van der Waals surface area (Å²) in [6.07, 6.45) is 0. The summed E-state index contributed by atoms with van der Waals surface area (Å²) in [4.78, 5) is 37.6. The van der Waals surface area contributed by atoms with Gasteiger partial charge in [-0.3, -0.25) is 14.9 Å². The average molecular weight is 374 g/mol. The van der Waals surface area contributed by atoms with E-state index in [1.165, 1.54) is 19.1 Å². The molecular formula is C18H18N2O7. The van der Waals surface area contributed by atoms with Crippen molar-refractivity contribution < 1.29 is 28.7 Å². The van der Waals surface area contributed by atoms with Gasteiger partial charge in [0, 0.05) is 34.5 Å². The van der Waals surface area contributed by atoms with Crippen LogP contribution in [0, 0.1) is 24.0 Å². The number of aromatic amines is 1. The molecule has 2 aromatic rings. The van der Waals surface area contributed by atoms with Gasteiger partial charge in [0.15, 0.2) is 12.6 Å². The molecule has 2 heterocycles.